The molecule has 0 N–H and O–H groups in total. The van der Waals surface area contributed by atoms with Gasteiger partial charge in [-0.15, -0.1) is 0 Å². The highest BCUT2D eigenvalue weighted by atomic mass is 35.5. The number of halogens is 3. The van der Waals surface area contributed by atoms with E-state index in [1.807, 2.05) is 51.1 Å². The SMILES string of the molecule is C.CC(C)(C)C.CC(C)(C)C.CC(C)(C)C(=O)c1ccccc1.CC(C)C.CC1=C(Cl)C(=O)c2ccccc2C1=O.O=C1C=CC(=O)C(Cl)=C1Cl. The molecule has 0 saturated heterocycles. The molecule has 0 spiro atoms. The predicted octanol–water partition coefficient (Wildman–Crippen LogP) is 13.3. The van der Waals surface area contributed by atoms with E-state index in [0.717, 1.165) is 23.6 Å². The van der Waals surface area contributed by atoms with Crippen molar-refractivity contribution in [2.24, 2.45) is 22.2 Å². The first-order valence-corrected chi connectivity index (χ1v) is 17.6. The van der Waals surface area contributed by atoms with Gasteiger partial charge in [-0.3, -0.25) is 24.0 Å². The van der Waals surface area contributed by atoms with Crippen LogP contribution in [-0.4, -0.2) is 28.9 Å². The molecule has 0 fully saturated rings. The van der Waals surface area contributed by atoms with Crippen molar-refractivity contribution in [1.29, 1.82) is 0 Å². The first-order chi connectivity index (χ1) is 22.5. The number of fused-ring (bicyclic) bond motifs is 1. The molecule has 2 aliphatic carbocycles. The minimum atomic E-state index is -0.425. The highest BCUT2D eigenvalue weighted by Gasteiger charge is 2.28. The Labute approximate surface area is 323 Å². The van der Waals surface area contributed by atoms with Crippen LogP contribution in [0, 0.1) is 22.2 Å². The fourth-order valence-corrected chi connectivity index (χ4v) is 3.51. The first kappa shape index (κ1) is 52.2. The minimum absolute atomic E-state index is 0. The Kier molecular flexibility index (Phi) is 24.0. The Balaban J connectivity index is -0.000000573. The van der Waals surface area contributed by atoms with Crippen LogP contribution < -0.4 is 0 Å². The molecule has 0 heterocycles. The summed E-state index contributed by atoms with van der Waals surface area (Å²) in [4.78, 5) is 56.2. The second-order valence-corrected chi connectivity index (χ2v) is 17.6. The number of carbonyl (C=O) groups excluding carboxylic acids is 5. The number of allylic oxidation sites excluding steroid dienone is 6. The lowest BCUT2D eigenvalue weighted by atomic mass is 9.87. The van der Waals surface area contributed by atoms with Crippen LogP contribution in [-0.2, 0) is 9.59 Å². The van der Waals surface area contributed by atoms with Gasteiger partial charge in [0.2, 0.25) is 5.78 Å². The summed E-state index contributed by atoms with van der Waals surface area (Å²) in [5.74, 6) is -0.245. The Hall–Kier alpha value is -3.12. The number of hydrogen-bond donors (Lipinski definition) is 0. The van der Waals surface area contributed by atoms with Gasteiger partial charge in [0, 0.05) is 27.7 Å². The number of benzene rings is 2. The van der Waals surface area contributed by atoms with E-state index < -0.39 is 11.6 Å². The van der Waals surface area contributed by atoms with Gasteiger partial charge in [-0.2, -0.15) is 0 Å². The van der Waals surface area contributed by atoms with Crippen LogP contribution in [0.25, 0.3) is 0 Å². The normalized spacial score (nSPS) is 13.7. The van der Waals surface area contributed by atoms with E-state index in [1.165, 1.54) is 0 Å². The van der Waals surface area contributed by atoms with Crippen molar-refractivity contribution in [1.82, 2.24) is 0 Å². The highest BCUT2D eigenvalue weighted by Crippen LogP contribution is 2.28. The molecule has 8 heteroatoms. The zero-order valence-electron chi connectivity index (χ0n) is 32.6. The molecule has 2 aromatic rings. The summed E-state index contributed by atoms with van der Waals surface area (Å²) in [7, 11) is 0. The van der Waals surface area contributed by atoms with E-state index in [4.69, 9.17) is 34.8 Å². The second-order valence-electron chi connectivity index (χ2n) is 16.5. The molecule has 2 aromatic carbocycles. The molecule has 284 valence electrons. The Bertz CT molecular complexity index is 1460. The van der Waals surface area contributed by atoms with E-state index in [9.17, 15) is 24.0 Å². The molecule has 0 bridgehead atoms. The minimum Gasteiger partial charge on any atom is -0.294 e. The second kappa shape index (κ2) is 23.4. The summed E-state index contributed by atoms with van der Waals surface area (Å²) in [5, 5.41) is -0.364. The van der Waals surface area contributed by atoms with Crippen molar-refractivity contribution in [2.45, 2.75) is 111 Å². The van der Waals surface area contributed by atoms with Gasteiger partial charge in [0.1, 0.15) is 10.1 Å². The summed E-state index contributed by atoms with van der Waals surface area (Å²) < 4.78 is 0. The average Bonchev–Trinajstić information content (AvgIpc) is 2.98. The topological polar surface area (TPSA) is 85.3 Å². The molecule has 0 aliphatic heterocycles. The van der Waals surface area contributed by atoms with Gasteiger partial charge >= 0.3 is 0 Å². The van der Waals surface area contributed by atoms with Crippen molar-refractivity contribution in [3.63, 3.8) is 0 Å². The molecule has 0 radical (unpaired) electrons. The van der Waals surface area contributed by atoms with Crippen LogP contribution in [0.1, 0.15) is 142 Å². The number of ketones is 5. The van der Waals surface area contributed by atoms with Gasteiger partial charge in [-0.25, -0.2) is 0 Å². The number of rotatable bonds is 1. The van der Waals surface area contributed by atoms with Gasteiger partial charge in [-0.05, 0) is 35.8 Å². The average molecular weight is 764 g/mol. The highest BCUT2D eigenvalue weighted by molar-refractivity contribution is 6.57. The Morgan fingerprint density at radius 2 is 0.843 bits per heavy atom. The third-order valence-corrected chi connectivity index (χ3v) is 6.32. The van der Waals surface area contributed by atoms with Gasteiger partial charge in [0.15, 0.2) is 23.1 Å². The van der Waals surface area contributed by atoms with Crippen molar-refractivity contribution in [3.8, 4) is 0 Å². The molecule has 51 heavy (non-hydrogen) atoms. The molecule has 0 unspecified atom stereocenters. The van der Waals surface area contributed by atoms with Crippen molar-refractivity contribution >= 4 is 63.7 Å². The smallest absolute Gasteiger partial charge is 0.205 e. The van der Waals surface area contributed by atoms with E-state index in [2.05, 4.69) is 76.2 Å². The standard InChI is InChI=1S/C11H7ClO2.C11H14O.C6H2Cl2O2.2C5H12.C4H10.CH4/c1-6-9(12)11(14)8-5-3-2-4-7(8)10(6)13;1-11(2,3)10(12)9-7-5-4-6-8-9;7-5-3(9)1-2-4(10)6(5)8;2*1-5(2,3)4;1-4(2)3;/h2-5H,1H3;4-8H,1-3H3;1-2H;2*1-4H3;4H,1-3H3;1H4. The molecule has 4 rings (SSSR count). The molecule has 0 atom stereocenters. The summed E-state index contributed by atoms with van der Waals surface area (Å²) in [6.45, 7) is 31.4. The number of Topliss-reactive ketones (excluding diaryl/α,β-unsaturated/α-hetero) is 3. The first-order valence-electron chi connectivity index (χ1n) is 16.5. The van der Waals surface area contributed by atoms with Crippen LogP contribution in [0.5, 0.6) is 0 Å². The van der Waals surface area contributed by atoms with E-state index in [0.29, 0.717) is 27.5 Å². The maximum Gasteiger partial charge on any atom is 0.205 e. The van der Waals surface area contributed by atoms with Gasteiger partial charge in [-0.1, -0.05) is 194 Å². The van der Waals surface area contributed by atoms with Crippen LogP contribution in [0.4, 0.5) is 0 Å². The third-order valence-electron chi connectivity index (χ3n) is 5.01. The lowest BCUT2D eigenvalue weighted by Gasteiger charge is -2.16. The maximum absolute atomic E-state index is 11.7. The maximum atomic E-state index is 11.7. The van der Waals surface area contributed by atoms with Crippen molar-refractivity contribution < 1.29 is 24.0 Å². The van der Waals surface area contributed by atoms with Crippen LogP contribution in [0.3, 0.4) is 0 Å². The Morgan fingerprint density at radius 3 is 1.16 bits per heavy atom. The van der Waals surface area contributed by atoms with Gasteiger partial charge < -0.3 is 0 Å². The summed E-state index contributed by atoms with van der Waals surface area (Å²) >= 11 is 16.4. The largest absolute Gasteiger partial charge is 0.294 e. The van der Waals surface area contributed by atoms with E-state index in [-0.39, 0.29) is 45.3 Å². The fourth-order valence-electron chi connectivity index (χ4n) is 3.01. The quantitative estimate of drug-likeness (QED) is 0.213. The molecule has 0 saturated carbocycles. The lowest BCUT2D eigenvalue weighted by molar-refractivity contribution is -0.114. The zero-order chi connectivity index (χ0) is 39.8. The monoisotopic (exact) mass is 762 g/mol. The predicted molar refractivity (Wildman–Crippen MR) is 219 cm³/mol. The zero-order valence-corrected chi connectivity index (χ0v) is 34.9. The lowest BCUT2D eigenvalue weighted by Crippen LogP contribution is -2.19. The molecule has 0 amide bonds. The fraction of sp³-hybridized carbons (Fsp3) is 0.465. The van der Waals surface area contributed by atoms with Crippen LogP contribution in [0.2, 0.25) is 0 Å². The summed E-state index contributed by atoms with van der Waals surface area (Å²) in [6, 6.07) is 16.1. The van der Waals surface area contributed by atoms with E-state index >= 15 is 0 Å². The molecule has 5 nitrogen and oxygen atoms in total. The van der Waals surface area contributed by atoms with Crippen molar-refractivity contribution in [2.75, 3.05) is 0 Å². The summed E-state index contributed by atoms with van der Waals surface area (Å²) in [5.41, 5.74) is 2.69. The van der Waals surface area contributed by atoms with Crippen LogP contribution in [0.15, 0.2) is 87.4 Å². The molecule has 2 aliphatic rings. The molecular weight excluding hydrogens is 703 g/mol. The third kappa shape index (κ3) is 23.9. The number of hydrogen-bond acceptors (Lipinski definition) is 5. The van der Waals surface area contributed by atoms with E-state index in [1.54, 1.807) is 31.2 Å². The van der Waals surface area contributed by atoms with Gasteiger partial charge in [0.05, 0.1) is 5.03 Å². The summed E-state index contributed by atoms with van der Waals surface area (Å²) in [6.07, 6.45) is 2.19. The number of carbonyl (C=O) groups is 5. The van der Waals surface area contributed by atoms with Crippen LogP contribution >= 0.6 is 34.8 Å². The molecular formula is C43H61Cl3O5. The van der Waals surface area contributed by atoms with Gasteiger partial charge in [0.25, 0.3) is 0 Å². The van der Waals surface area contributed by atoms with Crippen molar-refractivity contribution in [3.05, 3.63) is 104 Å². The Morgan fingerprint density at radius 1 is 0.549 bits per heavy atom. The molecule has 0 aromatic heterocycles.